The molecule has 2 rings (SSSR count). The van der Waals surface area contributed by atoms with Gasteiger partial charge < -0.3 is 10.6 Å². The molecule has 116 valence electrons. The molecule has 6 nitrogen and oxygen atoms in total. The van der Waals surface area contributed by atoms with Crippen LogP contribution >= 0.6 is 0 Å². The first-order chi connectivity index (χ1) is 10.3. The Kier molecular flexibility index (Phi) is 4.74. The molecule has 0 spiro atoms. The van der Waals surface area contributed by atoms with Gasteiger partial charge in [-0.1, -0.05) is 18.2 Å². The maximum atomic E-state index is 13.0. The number of nitrogens with one attached hydrogen (secondary N) is 2. The number of carbonyl (C=O) groups is 1. The summed E-state index contributed by atoms with van der Waals surface area (Å²) in [6.45, 7) is 0.113. The van der Waals surface area contributed by atoms with Gasteiger partial charge in [0.1, 0.15) is 5.82 Å². The summed E-state index contributed by atoms with van der Waals surface area (Å²) >= 11 is 0. The third kappa shape index (κ3) is 4.54. The highest BCUT2D eigenvalue weighted by atomic mass is 32.2. The number of rotatable bonds is 4. The largest absolute Gasteiger partial charge is 0.334 e. The highest BCUT2D eigenvalue weighted by Gasteiger charge is 2.10. The summed E-state index contributed by atoms with van der Waals surface area (Å²) in [5.41, 5.74) is 0.786. The van der Waals surface area contributed by atoms with E-state index in [1.165, 1.54) is 36.4 Å². The van der Waals surface area contributed by atoms with E-state index >= 15 is 0 Å². The minimum Gasteiger partial charge on any atom is -0.334 e. The molecule has 0 atom stereocenters. The zero-order valence-electron chi connectivity index (χ0n) is 11.3. The van der Waals surface area contributed by atoms with Crippen molar-refractivity contribution < 1.29 is 22.2 Å². The molecule has 8 heteroatoms. The van der Waals surface area contributed by atoms with Crippen LogP contribution in [0, 0.1) is 5.82 Å². The van der Waals surface area contributed by atoms with E-state index in [1.54, 1.807) is 6.07 Å². The average molecular weight is 324 g/mol. The van der Waals surface area contributed by atoms with E-state index in [9.17, 15) is 17.6 Å². The molecule has 0 saturated carbocycles. The highest BCUT2D eigenvalue weighted by molar-refractivity contribution is 7.85. The first kappa shape index (κ1) is 15.9. The number of urea groups is 1. The molecule has 2 amide bonds. The third-order valence-corrected chi connectivity index (χ3v) is 3.58. The van der Waals surface area contributed by atoms with Crippen molar-refractivity contribution in [2.45, 2.75) is 11.4 Å². The Morgan fingerprint density at radius 2 is 1.86 bits per heavy atom. The molecular formula is C14H13FN2O4S. The molecule has 0 saturated heterocycles. The molecule has 2 aromatic carbocycles. The van der Waals surface area contributed by atoms with Gasteiger partial charge in [0, 0.05) is 12.2 Å². The number of hydrogen-bond acceptors (Lipinski definition) is 3. The van der Waals surface area contributed by atoms with Gasteiger partial charge >= 0.3 is 6.03 Å². The summed E-state index contributed by atoms with van der Waals surface area (Å²) in [5, 5.41) is 4.92. The molecule has 0 bridgehead atoms. The first-order valence-electron chi connectivity index (χ1n) is 6.21. The lowest BCUT2D eigenvalue weighted by molar-refractivity contribution is 0.251. The minimum atomic E-state index is -4.33. The maximum absolute atomic E-state index is 13.0. The van der Waals surface area contributed by atoms with Crippen LogP contribution in [0.3, 0.4) is 0 Å². The lowest BCUT2D eigenvalue weighted by Gasteiger charge is -2.08. The van der Waals surface area contributed by atoms with Crippen molar-refractivity contribution in [2.24, 2.45) is 0 Å². The predicted molar refractivity (Wildman–Crippen MR) is 78.5 cm³/mol. The Morgan fingerprint density at radius 3 is 2.55 bits per heavy atom. The van der Waals surface area contributed by atoms with Crippen molar-refractivity contribution in [2.75, 3.05) is 5.32 Å². The molecular weight excluding hydrogens is 311 g/mol. The van der Waals surface area contributed by atoms with Gasteiger partial charge in [-0.15, -0.1) is 0 Å². The summed E-state index contributed by atoms with van der Waals surface area (Å²) in [7, 11) is -4.33. The summed E-state index contributed by atoms with van der Waals surface area (Å²) < 4.78 is 43.9. The molecule has 3 N–H and O–H groups in total. The van der Waals surface area contributed by atoms with Crippen molar-refractivity contribution in [1.82, 2.24) is 5.32 Å². The Morgan fingerprint density at radius 1 is 1.14 bits per heavy atom. The Bertz CT molecular complexity index is 793. The fourth-order valence-corrected chi connectivity index (χ4v) is 2.27. The fraction of sp³-hybridized carbons (Fsp3) is 0.0714. The van der Waals surface area contributed by atoms with Gasteiger partial charge in [-0.05, 0) is 35.9 Å². The molecule has 0 fully saturated rings. The zero-order valence-corrected chi connectivity index (χ0v) is 12.1. The predicted octanol–water partition coefficient (Wildman–Crippen LogP) is 2.39. The topological polar surface area (TPSA) is 95.5 Å². The minimum absolute atomic E-state index is 0.113. The molecule has 2 aromatic rings. The van der Waals surface area contributed by atoms with Gasteiger partial charge in [0.25, 0.3) is 10.1 Å². The van der Waals surface area contributed by atoms with Crippen LogP contribution in [0.25, 0.3) is 0 Å². The number of halogens is 1. The number of anilines is 1. The van der Waals surface area contributed by atoms with Gasteiger partial charge in [0.15, 0.2) is 0 Å². The van der Waals surface area contributed by atoms with Crippen LogP contribution in [0.15, 0.2) is 53.4 Å². The SMILES string of the molecule is O=C(NCc1cccc(F)c1)Nc1cccc(S(=O)(=O)O)c1. The third-order valence-electron chi connectivity index (χ3n) is 2.73. The van der Waals surface area contributed by atoms with E-state index in [2.05, 4.69) is 10.6 Å². The second-order valence-corrected chi connectivity index (χ2v) is 5.86. The highest BCUT2D eigenvalue weighted by Crippen LogP contribution is 2.15. The molecule has 0 radical (unpaired) electrons. The van der Waals surface area contributed by atoms with Crippen LogP contribution in [0.5, 0.6) is 0 Å². The maximum Gasteiger partial charge on any atom is 0.319 e. The lowest BCUT2D eigenvalue weighted by atomic mass is 10.2. The molecule has 0 aliphatic carbocycles. The van der Waals surface area contributed by atoms with Crippen LogP contribution in [-0.4, -0.2) is 19.0 Å². The Labute approximate surface area is 126 Å². The van der Waals surface area contributed by atoms with Crippen molar-refractivity contribution in [3.05, 3.63) is 59.9 Å². The van der Waals surface area contributed by atoms with Gasteiger partial charge in [-0.25, -0.2) is 9.18 Å². The van der Waals surface area contributed by atoms with Gasteiger partial charge in [-0.3, -0.25) is 4.55 Å². The average Bonchev–Trinajstić information content (AvgIpc) is 2.45. The second-order valence-electron chi connectivity index (χ2n) is 4.44. The van der Waals surface area contributed by atoms with E-state index in [-0.39, 0.29) is 17.1 Å². The normalized spacial score (nSPS) is 11.0. The molecule has 0 aliphatic rings. The quantitative estimate of drug-likeness (QED) is 0.753. The smallest absolute Gasteiger partial charge is 0.319 e. The van der Waals surface area contributed by atoms with Crippen LogP contribution in [0.1, 0.15) is 5.56 Å². The van der Waals surface area contributed by atoms with Crippen molar-refractivity contribution >= 4 is 21.8 Å². The number of hydrogen-bond donors (Lipinski definition) is 3. The number of carbonyl (C=O) groups excluding carboxylic acids is 1. The van der Waals surface area contributed by atoms with Gasteiger partial charge in [0.05, 0.1) is 4.90 Å². The molecule has 0 unspecified atom stereocenters. The summed E-state index contributed by atoms with van der Waals surface area (Å²) in [6, 6.07) is 10.4. The standard InChI is InChI=1S/C14H13FN2O4S/c15-11-4-1-3-10(7-11)9-16-14(18)17-12-5-2-6-13(8-12)22(19,20)21/h1-8H,9H2,(H2,16,17,18)(H,19,20,21). The molecule has 0 aliphatic heterocycles. The van der Waals surface area contributed by atoms with Crippen LogP contribution in [0.4, 0.5) is 14.9 Å². The summed E-state index contributed by atoms with van der Waals surface area (Å²) in [6.07, 6.45) is 0. The summed E-state index contributed by atoms with van der Waals surface area (Å²) in [4.78, 5) is 11.4. The summed E-state index contributed by atoms with van der Waals surface area (Å²) in [5.74, 6) is -0.402. The van der Waals surface area contributed by atoms with E-state index in [1.807, 2.05) is 0 Å². The monoisotopic (exact) mass is 324 g/mol. The lowest BCUT2D eigenvalue weighted by Crippen LogP contribution is -2.28. The van der Waals surface area contributed by atoms with Crippen molar-refractivity contribution in [3.63, 3.8) is 0 Å². The Balaban J connectivity index is 1.98. The first-order valence-corrected chi connectivity index (χ1v) is 7.65. The van der Waals surface area contributed by atoms with Gasteiger partial charge in [-0.2, -0.15) is 8.42 Å². The molecule has 0 heterocycles. The molecule has 22 heavy (non-hydrogen) atoms. The van der Waals surface area contributed by atoms with E-state index in [4.69, 9.17) is 4.55 Å². The molecule has 0 aromatic heterocycles. The zero-order chi connectivity index (χ0) is 16.2. The number of amides is 2. The van der Waals surface area contributed by atoms with Crippen molar-refractivity contribution in [1.29, 1.82) is 0 Å². The van der Waals surface area contributed by atoms with Crippen molar-refractivity contribution in [3.8, 4) is 0 Å². The fourth-order valence-electron chi connectivity index (χ4n) is 1.74. The van der Waals surface area contributed by atoms with Crippen LogP contribution in [-0.2, 0) is 16.7 Å². The van der Waals surface area contributed by atoms with Crippen LogP contribution < -0.4 is 10.6 Å². The van der Waals surface area contributed by atoms with E-state index in [0.29, 0.717) is 5.56 Å². The van der Waals surface area contributed by atoms with E-state index in [0.717, 1.165) is 6.07 Å². The van der Waals surface area contributed by atoms with Gasteiger partial charge in [0.2, 0.25) is 0 Å². The van der Waals surface area contributed by atoms with Crippen LogP contribution in [0.2, 0.25) is 0 Å². The Hall–Kier alpha value is -2.45. The van der Waals surface area contributed by atoms with E-state index < -0.39 is 22.0 Å². The second kappa shape index (κ2) is 6.54. The number of benzene rings is 2.